The smallest absolute Gasteiger partial charge is 0.224 e. The second-order valence-electron chi connectivity index (χ2n) is 9.03. The number of carbonyl (C=O) groups excluding carboxylic acids is 1. The molecule has 2 bridgehead atoms. The summed E-state index contributed by atoms with van der Waals surface area (Å²) in [6.45, 7) is 0. The van der Waals surface area contributed by atoms with E-state index in [4.69, 9.17) is 5.73 Å². The lowest BCUT2D eigenvalue weighted by molar-refractivity contribution is -0.136. The number of nitrogens with two attached hydrogens (primary N) is 1. The largest absolute Gasteiger partial charge is 0.337 e. The normalized spacial score (nSPS) is 23.5. The highest BCUT2D eigenvalue weighted by Crippen LogP contribution is 2.40. The SMILES string of the molecule is N[C@H](Cc1cc(F)c(F)cc1F)C1CC2CC[C@@H](C1)N2C(=O)CCS(=O)(=O)c1ccccc1. The molecule has 0 spiro atoms. The second kappa shape index (κ2) is 9.46. The van der Waals surface area contributed by atoms with Gasteiger partial charge in [0.05, 0.1) is 10.6 Å². The Morgan fingerprint density at radius 2 is 1.61 bits per heavy atom. The summed E-state index contributed by atoms with van der Waals surface area (Å²) in [7, 11) is -3.54. The molecule has 2 aromatic carbocycles. The summed E-state index contributed by atoms with van der Waals surface area (Å²) < 4.78 is 65.8. The molecule has 2 fully saturated rings. The highest BCUT2D eigenvalue weighted by Gasteiger charge is 2.44. The van der Waals surface area contributed by atoms with Gasteiger partial charge < -0.3 is 10.6 Å². The first kappa shape index (κ1) is 23.8. The topological polar surface area (TPSA) is 80.5 Å². The highest BCUT2D eigenvalue weighted by atomic mass is 32.2. The number of hydrogen-bond acceptors (Lipinski definition) is 4. The van der Waals surface area contributed by atoms with Crippen molar-refractivity contribution in [1.29, 1.82) is 0 Å². The summed E-state index contributed by atoms with van der Waals surface area (Å²) in [5.74, 6) is -3.58. The van der Waals surface area contributed by atoms with Gasteiger partial charge in [-0.3, -0.25) is 4.79 Å². The summed E-state index contributed by atoms with van der Waals surface area (Å²) in [5.41, 5.74) is 6.37. The van der Waals surface area contributed by atoms with E-state index in [1.807, 2.05) is 4.90 Å². The van der Waals surface area contributed by atoms with Gasteiger partial charge >= 0.3 is 0 Å². The molecule has 1 amide bonds. The summed E-state index contributed by atoms with van der Waals surface area (Å²) in [5, 5.41) is 0. The number of fused-ring (bicyclic) bond motifs is 2. The van der Waals surface area contributed by atoms with Gasteiger partial charge in [-0.15, -0.1) is 0 Å². The average Bonchev–Trinajstić information content (AvgIpc) is 3.05. The van der Waals surface area contributed by atoms with Gasteiger partial charge in [-0.1, -0.05) is 18.2 Å². The maximum absolute atomic E-state index is 14.0. The first-order chi connectivity index (χ1) is 15.7. The summed E-state index contributed by atoms with van der Waals surface area (Å²) in [6, 6.07) is 8.92. The maximum atomic E-state index is 14.0. The first-order valence-electron chi connectivity index (χ1n) is 11.1. The molecule has 0 aromatic heterocycles. The molecule has 4 atom stereocenters. The number of carbonyl (C=O) groups is 1. The number of benzene rings is 2. The zero-order chi connectivity index (χ0) is 23.8. The van der Waals surface area contributed by atoms with Gasteiger partial charge in [-0.25, -0.2) is 21.6 Å². The molecule has 2 heterocycles. The van der Waals surface area contributed by atoms with Gasteiger partial charge in [-0.2, -0.15) is 0 Å². The van der Waals surface area contributed by atoms with Crippen LogP contribution in [0.1, 0.15) is 37.7 Å². The molecule has 0 aliphatic carbocycles. The number of hydrogen-bond donors (Lipinski definition) is 1. The zero-order valence-electron chi connectivity index (χ0n) is 18.1. The van der Waals surface area contributed by atoms with Gasteiger partial charge in [0.25, 0.3) is 0 Å². The predicted octanol–water partition coefficient (Wildman–Crippen LogP) is 3.61. The molecule has 178 valence electrons. The molecule has 5 nitrogen and oxygen atoms in total. The van der Waals surface area contributed by atoms with E-state index in [0.29, 0.717) is 18.9 Å². The Labute approximate surface area is 191 Å². The van der Waals surface area contributed by atoms with Crippen molar-refractivity contribution in [3.63, 3.8) is 0 Å². The fourth-order valence-electron chi connectivity index (χ4n) is 5.21. The third-order valence-corrected chi connectivity index (χ3v) is 8.63. The van der Waals surface area contributed by atoms with Crippen LogP contribution in [0, 0.1) is 23.4 Å². The Balaban J connectivity index is 1.37. The lowest BCUT2D eigenvalue weighted by Crippen LogP contribution is -2.50. The van der Waals surface area contributed by atoms with Crippen LogP contribution in [0.5, 0.6) is 0 Å². The number of sulfone groups is 1. The van der Waals surface area contributed by atoms with Crippen LogP contribution in [0.15, 0.2) is 47.4 Å². The second-order valence-corrected chi connectivity index (χ2v) is 11.1. The van der Waals surface area contributed by atoms with Crippen molar-refractivity contribution in [1.82, 2.24) is 4.90 Å². The predicted molar refractivity (Wildman–Crippen MR) is 117 cm³/mol. The molecular weight excluding hydrogens is 453 g/mol. The van der Waals surface area contributed by atoms with Gasteiger partial charge in [0.1, 0.15) is 5.82 Å². The van der Waals surface area contributed by atoms with E-state index in [-0.39, 0.29) is 53.0 Å². The molecule has 2 aliphatic heterocycles. The number of piperidine rings is 1. The van der Waals surface area contributed by atoms with Gasteiger partial charge in [0.2, 0.25) is 5.91 Å². The molecule has 2 aliphatic rings. The van der Waals surface area contributed by atoms with E-state index in [9.17, 15) is 26.4 Å². The summed E-state index contributed by atoms with van der Waals surface area (Å²) >= 11 is 0. The number of nitrogens with zero attached hydrogens (tertiary/aromatic N) is 1. The number of halogens is 3. The summed E-state index contributed by atoms with van der Waals surface area (Å²) in [4.78, 5) is 14.9. The quantitative estimate of drug-likeness (QED) is 0.614. The van der Waals surface area contributed by atoms with Crippen LogP contribution < -0.4 is 5.73 Å². The molecule has 33 heavy (non-hydrogen) atoms. The Hall–Kier alpha value is -2.39. The van der Waals surface area contributed by atoms with Gasteiger partial charge in [0.15, 0.2) is 21.5 Å². The molecule has 2 aromatic rings. The number of rotatable bonds is 7. The third kappa shape index (κ3) is 5.09. The first-order valence-corrected chi connectivity index (χ1v) is 12.8. The fraction of sp³-hybridized carbons (Fsp3) is 0.458. The van der Waals surface area contributed by atoms with Crippen LogP contribution in [-0.2, 0) is 21.1 Å². The molecule has 4 rings (SSSR count). The van der Waals surface area contributed by atoms with E-state index in [1.165, 1.54) is 12.1 Å². The highest BCUT2D eigenvalue weighted by molar-refractivity contribution is 7.91. The van der Waals surface area contributed by atoms with Crippen molar-refractivity contribution in [3.05, 3.63) is 65.5 Å². The molecule has 0 saturated carbocycles. The van der Waals surface area contributed by atoms with Crippen molar-refractivity contribution in [2.45, 2.75) is 61.5 Å². The Bertz CT molecular complexity index is 1110. The van der Waals surface area contributed by atoms with Crippen LogP contribution in [-0.4, -0.2) is 43.1 Å². The van der Waals surface area contributed by atoms with Crippen LogP contribution in [0.25, 0.3) is 0 Å². The summed E-state index contributed by atoms with van der Waals surface area (Å²) in [6.07, 6.45) is 2.87. The molecular formula is C24H27F3N2O3S. The standard InChI is InChI=1S/C24H27F3N2O3S/c25-20-14-22(27)21(26)12-15(20)13-23(28)16-10-17-6-7-18(11-16)29(17)24(30)8-9-33(31,32)19-4-2-1-3-5-19/h1-5,12,14,16-18,23H,6-11,13,28H2/t16?,17-,18?,23+/m0/s1. The van der Waals surface area contributed by atoms with E-state index >= 15 is 0 Å². The Morgan fingerprint density at radius 3 is 2.24 bits per heavy atom. The lowest BCUT2D eigenvalue weighted by Gasteiger charge is -2.41. The van der Waals surface area contributed by atoms with E-state index in [2.05, 4.69) is 0 Å². The average molecular weight is 481 g/mol. The fourth-order valence-corrected chi connectivity index (χ4v) is 6.46. The maximum Gasteiger partial charge on any atom is 0.224 e. The number of amides is 1. The minimum atomic E-state index is -3.54. The molecule has 2 unspecified atom stereocenters. The van der Waals surface area contributed by atoms with E-state index in [0.717, 1.165) is 18.9 Å². The Morgan fingerprint density at radius 1 is 1.00 bits per heavy atom. The zero-order valence-corrected chi connectivity index (χ0v) is 18.9. The van der Waals surface area contributed by atoms with E-state index < -0.39 is 33.3 Å². The van der Waals surface area contributed by atoms with Crippen LogP contribution >= 0.6 is 0 Å². The van der Waals surface area contributed by atoms with Gasteiger partial charge in [0, 0.05) is 30.6 Å². The minimum absolute atomic E-state index is 0.00659. The van der Waals surface area contributed by atoms with Gasteiger partial charge in [-0.05, 0) is 61.8 Å². The minimum Gasteiger partial charge on any atom is -0.337 e. The molecule has 2 saturated heterocycles. The van der Waals surface area contributed by atoms with Crippen LogP contribution in [0.2, 0.25) is 0 Å². The lowest BCUT2D eigenvalue weighted by atomic mass is 9.82. The van der Waals surface area contributed by atoms with Crippen molar-refractivity contribution in [3.8, 4) is 0 Å². The van der Waals surface area contributed by atoms with E-state index in [1.54, 1.807) is 18.2 Å². The Kier molecular flexibility index (Phi) is 6.81. The molecule has 2 N–H and O–H groups in total. The van der Waals surface area contributed by atoms with Crippen molar-refractivity contribution < 1.29 is 26.4 Å². The monoisotopic (exact) mass is 480 g/mol. The van der Waals surface area contributed by atoms with Crippen LogP contribution in [0.3, 0.4) is 0 Å². The van der Waals surface area contributed by atoms with Crippen LogP contribution in [0.4, 0.5) is 13.2 Å². The van der Waals surface area contributed by atoms with Crippen molar-refractivity contribution >= 4 is 15.7 Å². The third-order valence-electron chi connectivity index (χ3n) is 6.89. The van der Waals surface area contributed by atoms with Crippen molar-refractivity contribution in [2.24, 2.45) is 11.7 Å². The van der Waals surface area contributed by atoms with Crippen molar-refractivity contribution in [2.75, 3.05) is 5.75 Å². The molecule has 9 heteroatoms. The molecule has 0 radical (unpaired) electrons.